The maximum atomic E-state index is 13.3. The number of hydrogen-bond acceptors (Lipinski definition) is 6. The van der Waals surface area contributed by atoms with Crippen molar-refractivity contribution in [2.75, 3.05) is 6.54 Å². The number of carbonyl (C=O) groups excluding carboxylic acids is 2. The van der Waals surface area contributed by atoms with Gasteiger partial charge in [0.25, 0.3) is 0 Å². The molecule has 3 aromatic rings. The van der Waals surface area contributed by atoms with Gasteiger partial charge in [-0.1, -0.05) is 57.1 Å². The molecular weight excluding hydrogens is 548 g/mol. The fourth-order valence-corrected chi connectivity index (χ4v) is 5.33. The summed E-state index contributed by atoms with van der Waals surface area (Å²) in [6, 6.07) is 17.7. The molecule has 0 spiro atoms. The minimum Gasteiger partial charge on any atom is -0.444 e. The molecule has 0 radical (unpaired) electrons. The highest BCUT2D eigenvalue weighted by atomic mass is 16.6. The van der Waals surface area contributed by atoms with E-state index in [1.807, 2.05) is 57.2 Å². The van der Waals surface area contributed by atoms with Gasteiger partial charge in [0.1, 0.15) is 5.60 Å². The largest absolute Gasteiger partial charge is 0.444 e. The second-order valence-electron chi connectivity index (χ2n) is 12.6. The van der Waals surface area contributed by atoms with Crippen LogP contribution in [0.25, 0.3) is 22.5 Å². The number of benzene rings is 1. The molecule has 0 saturated heterocycles. The lowest BCUT2D eigenvalue weighted by molar-refractivity contribution is -0.121. The van der Waals surface area contributed by atoms with Crippen LogP contribution in [-0.4, -0.2) is 40.0 Å². The summed E-state index contributed by atoms with van der Waals surface area (Å²) in [6.45, 7) is 6.27. The molecule has 3 N–H and O–H groups in total. The van der Waals surface area contributed by atoms with Crippen molar-refractivity contribution in [1.29, 1.82) is 0 Å². The number of aromatic nitrogens is 2. The molecule has 3 rings (SSSR count). The highest BCUT2D eigenvalue weighted by Gasteiger charge is 2.24. The van der Waals surface area contributed by atoms with Crippen LogP contribution in [0, 0.1) is 0 Å². The Morgan fingerprint density at radius 2 is 1.32 bits per heavy atom. The lowest BCUT2D eigenvalue weighted by atomic mass is 9.95. The van der Waals surface area contributed by atoms with E-state index >= 15 is 0 Å². The van der Waals surface area contributed by atoms with Crippen molar-refractivity contribution >= 4 is 11.9 Å². The Hall–Kier alpha value is -3.58. The van der Waals surface area contributed by atoms with E-state index in [-0.39, 0.29) is 5.78 Å². The molecular formula is C37H52N4O3. The summed E-state index contributed by atoms with van der Waals surface area (Å²) in [6.07, 6.45) is 15.9. The Morgan fingerprint density at radius 1 is 0.773 bits per heavy atom. The number of carbonyl (C=O) groups is 2. The molecule has 7 heteroatoms. The highest BCUT2D eigenvalue weighted by Crippen LogP contribution is 2.27. The number of nitrogens with two attached hydrogens (primary N) is 1. The molecule has 0 unspecified atom stereocenters. The van der Waals surface area contributed by atoms with Crippen molar-refractivity contribution in [3.8, 4) is 22.5 Å². The van der Waals surface area contributed by atoms with Gasteiger partial charge in [-0.05, 0) is 107 Å². The van der Waals surface area contributed by atoms with Crippen molar-refractivity contribution in [3.63, 3.8) is 0 Å². The Balaban J connectivity index is 1.60. The zero-order chi connectivity index (χ0) is 31.6. The van der Waals surface area contributed by atoms with Crippen LogP contribution in [0.3, 0.4) is 0 Å². The Kier molecular flexibility index (Phi) is 15.0. The van der Waals surface area contributed by atoms with Gasteiger partial charge in [-0.25, -0.2) is 4.79 Å². The SMILES string of the molecule is CC(C)(C)OC(=O)N[C@@H](CCCc1cc(-c2ccccn2)cc(-c2ccccn2)c1)C(=O)CCCCCCCCCCCN. The van der Waals surface area contributed by atoms with E-state index in [2.05, 4.69) is 33.5 Å². The van der Waals surface area contributed by atoms with Gasteiger partial charge < -0.3 is 15.8 Å². The summed E-state index contributed by atoms with van der Waals surface area (Å²) < 4.78 is 5.49. The number of alkyl carbamates (subject to hydrolysis) is 1. The van der Waals surface area contributed by atoms with E-state index in [9.17, 15) is 9.59 Å². The average molecular weight is 601 g/mol. The van der Waals surface area contributed by atoms with Gasteiger partial charge in [0.05, 0.1) is 17.4 Å². The van der Waals surface area contributed by atoms with Crippen LogP contribution in [-0.2, 0) is 16.0 Å². The summed E-state index contributed by atoms with van der Waals surface area (Å²) in [5.41, 5.74) is 9.93. The third-order valence-electron chi connectivity index (χ3n) is 7.58. The van der Waals surface area contributed by atoms with Gasteiger partial charge in [-0.3, -0.25) is 14.8 Å². The molecule has 0 bridgehead atoms. The van der Waals surface area contributed by atoms with Crippen LogP contribution in [0.15, 0.2) is 67.0 Å². The Labute approximate surface area is 264 Å². The van der Waals surface area contributed by atoms with E-state index in [1.165, 1.54) is 32.1 Å². The monoisotopic (exact) mass is 600 g/mol. The molecule has 0 saturated carbocycles. The summed E-state index contributed by atoms with van der Waals surface area (Å²) in [7, 11) is 0. The van der Waals surface area contributed by atoms with Crippen molar-refractivity contribution < 1.29 is 14.3 Å². The first kappa shape index (κ1) is 34.9. The molecule has 7 nitrogen and oxygen atoms in total. The van der Waals surface area contributed by atoms with Crippen molar-refractivity contribution in [3.05, 3.63) is 72.6 Å². The van der Waals surface area contributed by atoms with Gasteiger partial charge in [-0.2, -0.15) is 0 Å². The number of ether oxygens (including phenoxy) is 1. The van der Waals surface area contributed by atoms with Crippen molar-refractivity contribution in [2.24, 2.45) is 5.73 Å². The molecule has 0 aliphatic heterocycles. The number of hydrogen-bond donors (Lipinski definition) is 2. The topological polar surface area (TPSA) is 107 Å². The van der Waals surface area contributed by atoms with E-state index in [0.29, 0.717) is 12.8 Å². The highest BCUT2D eigenvalue weighted by molar-refractivity contribution is 5.87. The van der Waals surface area contributed by atoms with Crippen LogP contribution in [0.4, 0.5) is 4.79 Å². The third-order valence-corrected chi connectivity index (χ3v) is 7.58. The van der Waals surface area contributed by atoms with Crippen molar-refractivity contribution in [2.45, 2.75) is 116 Å². The number of Topliss-reactive ketones (excluding diaryl/α,β-unsaturated/α-hetero) is 1. The maximum Gasteiger partial charge on any atom is 0.408 e. The number of amides is 1. The molecule has 2 heterocycles. The van der Waals surface area contributed by atoms with Gasteiger partial charge in [0, 0.05) is 29.9 Å². The minimum atomic E-state index is -0.629. The Bertz CT molecular complexity index is 1200. The number of nitrogens with zero attached hydrogens (tertiary/aromatic N) is 2. The Morgan fingerprint density at radius 3 is 1.82 bits per heavy atom. The minimum absolute atomic E-state index is 0.0778. The average Bonchev–Trinajstić information content (AvgIpc) is 3.01. The van der Waals surface area contributed by atoms with Gasteiger partial charge >= 0.3 is 6.09 Å². The lowest BCUT2D eigenvalue weighted by Gasteiger charge is -2.23. The van der Waals surface area contributed by atoms with Gasteiger partial charge in [0.2, 0.25) is 0 Å². The first-order chi connectivity index (χ1) is 21.2. The number of aryl methyl sites for hydroxylation is 1. The molecule has 1 atom stereocenters. The van der Waals surface area contributed by atoms with E-state index in [1.54, 1.807) is 12.4 Å². The van der Waals surface area contributed by atoms with Crippen LogP contribution in [0.2, 0.25) is 0 Å². The second kappa shape index (κ2) is 18.9. The van der Waals surface area contributed by atoms with Crippen LogP contribution in [0.5, 0.6) is 0 Å². The summed E-state index contributed by atoms with van der Waals surface area (Å²) in [5, 5.41) is 2.88. The number of rotatable bonds is 19. The first-order valence-electron chi connectivity index (χ1n) is 16.4. The molecule has 2 aromatic heterocycles. The van der Waals surface area contributed by atoms with E-state index < -0.39 is 17.7 Å². The standard InChI is InChI=1S/C37H52N4O3/c1-37(2,3)44-36(43)41-34(35(42)22-11-9-7-5-4-6-8-10-14-23-38)21-17-18-29-26-30(32-19-12-15-24-39-32)28-31(27-29)33-20-13-16-25-40-33/h12-13,15-16,19-20,24-28,34H,4-11,14,17-18,21-23,38H2,1-3H3,(H,41,43)/t34-/m0/s1. The maximum absolute atomic E-state index is 13.3. The molecule has 0 fully saturated rings. The number of nitrogens with one attached hydrogen (secondary N) is 1. The predicted molar refractivity (Wildman–Crippen MR) is 179 cm³/mol. The van der Waals surface area contributed by atoms with Crippen LogP contribution in [0.1, 0.15) is 103 Å². The van der Waals surface area contributed by atoms with Crippen LogP contribution >= 0.6 is 0 Å². The second-order valence-corrected chi connectivity index (χ2v) is 12.6. The third kappa shape index (κ3) is 13.4. The molecule has 1 aromatic carbocycles. The quantitative estimate of drug-likeness (QED) is 0.134. The first-order valence-corrected chi connectivity index (χ1v) is 16.4. The molecule has 1 amide bonds. The number of ketones is 1. The van der Waals surface area contributed by atoms with E-state index in [4.69, 9.17) is 10.5 Å². The van der Waals surface area contributed by atoms with Crippen LogP contribution < -0.4 is 11.1 Å². The van der Waals surface area contributed by atoms with Gasteiger partial charge in [-0.15, -0.1) is 0 Å². The number of pyridine rings is 2. The van der Waals surface area contributed by atoms with E-state index in [0.717, 1.165) is 73.1 Å². The van der Waals surface area contributed by atoms with Crippen molar-refractivity contribution in [1.82, 2.24) is 15.3 Å². The fourth-order valence-electron chi connectivity index (χ4n) is 5.33. The molecule has 0 aliphatic rings. The summed E-state index contributed by atoms with van der Waals surface area (Å²) >= 11 is 0. The summed E-state index contributed by atoms with van der Waals surface area (Å²) in [4.78, 5) is 35.1. The predicted octanol–water partition coefficient (Wildman–Crippen LogP) is 8.46. The smallest absolute Gasteiger partial charge is 0.408 e. The lowest BCUT2D eigenvalue weighted by Crippen LogP contribution is -2.43. The number of unbranched alkanes of at least 4 members (excludes halogenated alkanes) is 8. The zero-order valence-corrected chi connectivity index (χ0v) is 27.0. The van der Waals surface area contributed by atoms with Gasteiger partial charge in [0.15, 0.2) is 5.78 Å². The fraction of sp³-hybridized carbons (Fsp3) is 0.514. The molecule has 238 valence electrons. The normalized spacial score (nSPS) is 12.1. The molecule has 44 heavy (non-hydrogen) atoms. The zero-order valence-electron chi connectivity index (χ0n) is 27.0. The summed E-state index contributed by atoms with van der Waals surface area (Å²) in [5.74, 6) is 0.0778. The molecule has 0 aliphatic carbocycles.